The summed E-state index contributed by atoms with van der Waals surface area (Å²) in [5.41, 5.74) is 1.16. The molecule has 1 atom stereocenters. The molecule has 0 amide bonds. The Morgan fingerprint density at radius 1 is 1.06 bits per heavy atom. The zero-order valence-corrected chi connectivity index (χ0v) is 10.4. The molecule has 94 valence electrons. The molecule has 0 aliphatic heterocycles. The molecule has 0 fully saturated rings. The quantitative estimate of drug-likeness (QED) is 0.873. The highest BCUT2D eigenvalue weighted by molar-refractivity contribution is 6.31. The summed E-state index contributed by atoms with van der Waals surface area (Å²) in [6, 6.07) is 7.97. The lowest BCUT2D eigenvalue weighted by Gasteiger charge is -2.14. The minimum atomic E-state index is -1.28. The Balaban J connectivity index is 2.47. The number of aliphatic hydroxyl groups is 1. The van der Waals surface area contributed by atoms with Crippen molar-refractivity contribution in [1.82, 2.24) is 0 Å². The topological polar surface area (TPSA) is 20.2 Å². The van der Waals surface area contributed by atoms with Crippen molar-refractivity contribution in [3.05, 3.63) is 69.7 Å². The average molecular weight is 269 g/mol. The first-order valence-corrected chi connectivity index (χ1v) is 5.76. The highest BCUT2D eigenvalue weighted by Crippen LogP contribution is 2.30. The van der Waals surface area contributed by atoms with Gasteiger partial charge in [-0.05, 0) is 36.8 Å². The second-order valence-corrected chi connectivity index (χ2v) is 4.50. The summed E-state index contributed by atoms with van der Waals surface area (Å²) in [5, 5.41) is 10.4. The average Bonchev–Trinajstić information content (AvgIpc) is 2.31. The Morgan fingerprint density at radius 3 is 2.44 bits per heavy atom. The van der Waals surface area contributed by atoms with Crippen molar-refractivity contribution in [2.75, 3.05) is 0 Å². The summed E-state index contributed by atoms with van der Waals surface area (Å²) < 4.78 is 26.6. The number of hydrogen-bond acceptors (Lipinski definition) is 1. The number of aryl methyl sites for hydroxylation is 1. The van der Waals surface area contributed by atoms with Crippen molar-refractivity contribution < 1.29 is 13.9 Å². The number of halogens is 3. The number of aliphatic hydroxyl groups excluding tert-OH is 1. The third-order valence-corrected chi connectivity index (χ3v) is 3.03. The fraction of sp³-hybridized carbons (Fsp3) is 0.143. The molecule has 2 aromatic rings. The second kappa shape index (κ2) is 5.04. The van der Waals surface area contributed by atoms with Crippen LogP contribution in [0.25, 0.3) is 0 Å². The zero-order valence-electron chi connectivity index (χ0n) is 9.62. The van der Waals surface area contributed by atoms with Crippen LogP contribution in [0.3, 0.4) is 0 Å². The molecular weight excluding hydrogens is 258 g/mol. The smallest absolute Gasteiger partial charge is 0.129 e. The van der Waals surface area contributed by atoms with Crippen LogP contribution in [0.2, 0.25) is 5.02 Å². The Kier molecular flexibility index (Phi) is 3.64. The second-order valence-electron chi connectivity index (χ2n) is 4.09. The summed E-state index contributed by atoms with van der Waals surface area (Å²) in [7, 11) is 0. The van der Waals surface area contributed by atoms with Crippen molar-refractivity contribution in [2.45, 2.75) is 13.0 Å². The van der Waals surface area contributed by atoms with Gasteiger partial charge in [-0.1, -0.05) is 23.7 Å². The molecule has 0 aliphatic carbocycles. The summed E-state index contributed by atoms with van der Waals surface area (Å²) in [5.74, 6) is -1.27. The first-order chi connectivity index (χ1) is 8.49. The van der Waals surface area contributed by atoms with E-state index in [-0.39, 0.29) is 5.56 Å². The van der Waals surface area contributed by atoms with E-state index in [0.717, 1.165) is 23.8 Å². The van der Waals surface area contributed by atoms with Crippen LogP contribution >= 0.6 is 11.6 Å². The largest absolute Gasteiger partial charge is 0.383 e. The molecule has 2 rings (SSSR count). The van der Waals surface area contributed by atoms with E-state index < -0.39 is 17.7 Å². The summed E-state index contributed by atoms with van der Waals surface area (Å²) in [6.45, 7) is 1.85. The molecule has 0 aromatic heterocycles. The number of hydrogen-bond donors (Lipinski definition) is 1. The molecule has 2 aromatic carbocycles. The van der Waals surface area contributed by atoms with Gasteiger partial charge in [0.25, 0.3) is 0 Å². The van der Waals surface area contributed by atoms with Crippen molar-refractivity contribution in [1.29, 1.82) is 0 Å². The van der Waals surface area contributed by atoms with Gasteiger partial charge in [0, 0.05) is 16.1 Å². The standard InChI is InChI=1S/C14H11ClF2O/c1-8-2-4-10(12(15)6-8)14(18)11-7-9(16)3-5-13(11)17/h2-7,14,18H,1H3. The predicted octanol–water partition coefficient (Wildman–Crippen LogP) is 4.01. The Labute approximate surface area is 109 Å². The van der Waals surface area contributed by atoms with Gasteiger partial charge < -0.3 is 5.11 Å². The molecule has 1 unspecified atom stereocenters. The minimum Gasteiger partial charge on any atom is -0.383 e. The number of benzene rings is 2. The Hall–Kier alpha value is -1.45. The molecule has 0 spiro atoms. The maximum absolute atomic E-state index is 13.5. The lowest BCUT2D eigenvalue weighted by molar-refractivity contribution is 0.214. The van der Waals surface area contributed by atoms with Crippen LogP contribution in [0.15, 0.2) is 36.4 Å². The lowest BCUT2D eigenvalue weighted by atomic mass is 10.00. The monoisotopic (exact) mass is 268 g/mol. The van der Waals surface area contributed by atoms with Gasteiger partial charge in [-0.2, -0.15) is 0 Å². The molecule has 18 heavy (non-hydrogen) atoms. The van der Waals surface area contributed by atoms with Crippen LogP contribution in [0.4, 0.5) is 8.78 Å². The normalized spacial score (nSPS) is 12.5. The third kappa shape index (κ3) is 2.52. The van der Waals surface area contributed by atoms with Gasteiger partial charge in [0.2, 0.25) is 0 Å². The maximum Gasteiger partial charge on any atom is 0.129 e. The lowest BCUT2D eigenvalue weighted by Crippen LogP contribution is -2.04. The van der Waals surface area contributed by atoms with E-state index in [2.05, 4.69) is 0 Å². The van der Waals surface area contributed by atoms with Gasteiger partial charge in [-0.15, -0.1) is 0 Å². The minimum absolute atomic E-state index is 0.124. The van der Waals surface area contributed by atoms with Crippen molar-refractivity contribution in [3.63, 3.8) is 0 Å². The molecule has 0 bridgehead atoms. The van der Waals surface area contributed by atoms with E-state index in [9.17, 15) is 13.9 Å². The third-order valence-electron chi connectivity index (χ3n) is 2.70. The number of rotatable bonds is 2. The molecule has 0 heterocycles. The SMILES string of the molecule is Cc1ccc(C(O)c2cc(F)ccc2F)c(Cl)c1. The van der Waals surface area contributed by atoms with Gasteiger partial charge in [0.05, 0.1) is 0 Å². The Morgan fingerprint density at radius 2 is 1.78 bits per heavy atom. The Bertz CT molecular complexity index is 584. The summed E-state index contributed by atoms with van der Waals surface area (Å²) in [6.07, 6.45) is -1.28. The van der Waals surface area contributed by atoms with E-state index in [1.165, 1.54) is 0 Å². The molecule has 0 saturated carbocycles. The predicted molar refractivity (Wildman–Crippen MR) is 66.6 cm³/mol. The maximum atomic E-state index is 13.5. The van der Waals surface area contributed by atoms with Crippen LogP contribution in [-0.2, 0) is 0 Å². The van der Waals surface area contributed by atoms with E-state index in [1.807, 2.05) is 6.92 Å². The fourth-order valence-corrected chi connectivity index (χ4v) is 2.08. The van der Waals surface area contributed by atoms with Gasteiger partial charge in [-0.25, -0.2) is 8.78 Å². The van der Waals surface area contributed by atoms with Crippen LogP contribution in [-0.4, -0.2) is 5.11 Å². The molecule has 0 aliphatic rings. The zero-order chi connectivity index (χ0) is 13.3. The fourth-order valence-electron chi connectivity index (χ4n) is 1.75. The first-order valence-electron chi connectivity index (χ1n) is 5.38. The highest BCUT2D eigenvalue weighted by atomic mass is 35.5. The van der Waals surface area contributed by atoms with Crippen molar-refractivity contribution in [2.24, 2.45) is 0 Å². The summed E-state index contributed by atoms with van der Waals surface area (Å²) in [4.78, 5) is 0. The molecule has 4 heteroatoms. The van der Waals surface area contributed by atoms with Gasteiger partial charge >= 0.3 is 0 Å². The van der Waals surface area contributed by atoms with E-state index in [0.29, 0.717) is 10.6 Å². The highest BCUT2D eigenvalue weighted by Gasteiger charge is 2.18. The van der Waals surface area contributed by atoms with Gasteiger partial charge in [-0.3, -0.25) is 0 Å². The molecule has 0 radical (unpaired) electrons. The molecule has 0 saturated heterocycles. The van der Waals surface area contributed by atoms with Crippen LogP contribution in [0.1, 0.15) is 22.8 Å². The van der Waals surface area contributed by atoms with Crippen molar-refractivity contribution in [3.8, 4) is 0 Å². The first kappa shape index (κ1) is 13.0. The summed E-state index contributed by atoms with van der Waals surface area (Å²) >= 11 is 5.99. The van der Waals surface area contributed by atoms with Gasteiger partial charge in [0.15, 0.2) is 0 Å². The van der Waals surface area contributed by atoms with Gasteiger partial charge in [0.1, 0.15) is 17.7 Å². The van der Waals surface area contributed by atoms with Crippen LogP contribution in [0.5, 0.6) is 0 Å². The molecular formula is C14H11ClF2O. The van der Waals surface area contributed by atoms with Crippen LogP contribution in [0, 0.1) is 18.6 Å². The van der Waals surface area contributed by atoms with Crippen LogP contribution < -0.4 is 0 Å². The molecule has 1 N–H and O–H groups in total. The van der Waals surface area contributed by atoms with Crippen molar-refractivity contribution >= 4 is 11.6 Å². The molecule has 1 nitrogen and oxygen atoms in total. The van der Waals surface area contributed by atoms with E-state index in [1.54, 1.807) is 18.2 Å². The van der Waals surface area contributed by atoms with E-state index in [4.69, 9.17) is 11.6 Å². The van der Waals surface area contributed by atoms with E-state index >= 15 is 0 Å².